The lowest BCUT2D eigenvalue weighted by atomic mass is 10.1. The van der Waals surface area contributed by atoms with Gasteiger partial charge in [0.1, 0.15) is 12.0 Å². The van der Waals surface area contributed by atoms with Crippen molar-refractivity contribution in [2.24, 2.45) is 0 Å². The maximum atomic E-state index is 12.4. The molecule has 0 aliphatic heterocycles. The molecule has 2 heterocycles. The molecule has 0 fully saturated rings. The molecule has 0 unspecified atom stereocenters. The van der Waals surface area contributed by atoms with Gasteiger partial charge in [0, 0.05) is 5.69 Å². The van der Waals surface area contributed by atoms with Crippen LogP contribution in [0.4, 0.5) is 0 Å². The van der Waals surface area contributed by atoms with Crippen LogP contribution in [-0.2, 0) is 6.54 Å². The van der Waals surface area contributed by atoms with Crippen LogP contribution in [-0.4, -0.2) is 14.5 Å². The molecule has 0 saturated heterocycles. The first-order chi connectivity index (χ1) is 9.15. The highest BCUT2D eigenvalue weighted by atomic mass is 16.1. The summed E-state index contributed by atoms with van der Waals surface area (Å²) in [6, 6.07) is 9.92. The minimum Gasteiger partial charge on any atom is -0.343 e. The summed E-state index contributed by atoms with van der Waals surface area (Å²) in [5, 5.41) is 0.647. The summed E-state index contributed by atoms with van der Waals surface area (Å²) < 4.78 is 1.65. The van der Waals surface area contributed by atoms with Gasteiger partial charge in [-0.3, -0.25) is 9.36 Å². The predicted molar refractivity (Wildman–Crippen MR) is 75.4 cm³/mol. The smallest absolute Gasteiger partial charge is 0.263 e. The number of rotatable bonds is 2. The van der Waals surface area contributed by atoms with Crippen LogP contribution in [0.2, 0.25) is 0 Å². The Morgan fingerprint density at radius 1 is 1.26 bits per heavy atom. The van der Waals surface area contributed by atoms with E-state index in [4.69, 9.17) is 0 Å². The van der Waals surface area contributed by atoms with Crippen molar-refractivity contribution in [2.75, 3.05) is 0 Å². The van der Waals surface area contributed by atoms with Crippen molar-refractivity contribution in [3.63, 3.8) is 0 Å². The Morgan fingerprint density at radius 2 is 2.05 bits per heavy atom. The molecule has 3 rings (SSSR count). The van der Waals surface area contributed by atoms with Gasteiger partial charge in [-0.05, 0) is 31.0 Å². The molecule has 96 valence electrons. The third-order valence-corrected chi connectivity index (χ3v) is 3.35. The summed E-state index contributed by atoms with van der Waals surface area (Å²) in [6.07, 6.45) is 1.60. The molecule has 0 aliphatic carbocycles. The minimum absolute atomic E-state index is 0.00222. The number of aryl methyl sites for hydroxylation is 2. The minimum atomic E-state index is -0.00222. The zero-order valence-electron chi connectivity index (χ0n) is 11.0. The normalized spacial score (nSPS) is 11.1. The first kappa shape index (κ1) is 11.7. The summed E-state index contributed by atoms with van der Waals surface area (Å²) in [4.78, 5) is 19.7. The Hall–Kier alpha value is -2.36. The second-order valence-corrected chi connectivity index (χ2v) is 4.82. The van der Waals surface area contributed by atoms with Crippen LogP contribution in [0.15, 0.2) is 41.5 Å². The molecule has 0 atom stereocenters. The van der Waals surface area contributed by atoms with E-state index in [9.17, 15) is 4.79 Å². The van der Waals surface area contributed by atoms with Gasteiger partial charge in [0.05, 0.1) is 11.9 Å². The first-order valence-electron chi connectivity index (χ1n) is 6.24. The molecule has 2 aromatic heterocycles. The number of H-pyrrole nitrogens is 1. The van der Waals surface area contributed by atoms with Gasteiger partial charge >= 0.3 is 0 Å². The highest BCUT2D eigenvalue weighted by Crippen LogP contribution is 2.10. The summed E-state index contributed by atoms with van der Waals surface area (Å²) >= 11 is 0. The van der Waals surface area contributed by atoms with Crippen molar-refractivity contribution in [2.45, 2.75) is 20.4 Å². The molecule has 0 aliphatic rings. The fourth-order valence-corrected chi connectivity index (χ4v) is 2.26. The fraction of sp³-hybridized carbons (Fsp3) is 0.200. The average molecular weight is 253 g/mol. The van der Waals surface area contributed by atoms with E-state index in [-0.39, 0.29) is 5.56 Å². The molecule has 0 amide bonds. The number of hydrogen-bond donors (Lipinski definition) is 1. The van der Waals surface area contributed by atoms with Crippen LogP contribution >= 0.6 is 0 Å². The van der Waals surface area contributed by atoms with Crippen LogP contribution in [0, 0.1) is 13.8 Å². The van der Waals surface area contributed by atoms with Crippen molar-refractivity contribution in [1.29, 1.82) is 0 Å². The van der Waals surface area contributed by atoms with Crippen molar-refractivity contribution < 1.29 is 0 Å². The topological polar surface area (TPSA) is 50.7 Å². The van der Waals surface area contributed by atoms with Crippen molar-refractivity contribution >= 4 is 11.0 Å². The summed E-state index contributed by atoms with van der Waals surface area (Å²) in [5.74, 6) is 0. The fourth-order valence-electron chi connectivity index (χ4n) is 2.26. The number of hydrogen-bond acceptors (Lipinski definition) is 2. The van der Waals surface area contributed by atoms with Gasteiger partial charge in [-0.1, -0.05) is 24.3 Å². The lowest BCUT2D eigenvalue weighted by Gasteiger charge is -2.07. The molecule has 3 aromatic rings. The predicted octanol–water partition coefficient (Wildman–Crippen LogP) is 2.39. The summed E-state index contributed by atoms with van der Waals surface area (Å²) in [7, 11) is 0. The van der Waals surface area contributed by atoms with Crippen LogP contribution in [0.3, 0.4) is 0 Å². The van der Waals surface area contributed by atoms with Crippen LogP contribution in [0.1, 0.15) is 16.8 Å². The van der Waals surface area contributed by atoms with Crippen molar-refractivity contribution in [3.05, 3.63) is 63.8 Å². The van der Waals surface area contributed by atoms with E-state index in [0.29, 0.717) is 17.6 Å². The Labute approximate surface area is 110 Å². The zero-order chi connectivity index (χ0) is 13.4. The zero-order valence-corrected chi connectivity index (χ0v) is 11.0. The van der Waals surface area contributed by atoms with Gasteiger partial charge in [-0.2, -0.15) is 0 Å². The number of nitrogens with one attached hydrogen (secondary N) is 1. The molecule has 0 radical (unpaired) electrons. The van der Waals surface area contributed by atoms with E-state index >= 15 is 0 Å². The first-order valence-corrected chi connectivity index (χ1v) is 6.24. The molecule has 0 saturated carbocycles. The Morgan fingerprint density at radius 3 is 2.84 bits per heavy atom. The average Bonchev–Trinajstić information content (AvgIpc) is 2.77. The number of fused-ring (bicyclic) bond motifs is 1. The molecule has 19 heavy (non-hydrogen) atoms. The molecule has 0 spiro atoms. The second kappa shape index (κ2) is 4.39. The van der Waals surface area contributed by atoms with Gasteiger partial charge in [-0.15, -0.1) is 0 Å². The third kappa shape index (κ3) is 2.05. The van der Waals surface area contributed by atoms with E-state index in [0.717, 1.165) is 11.3 Å². The van der Waals surface area contributed by atoms with E-state index in [1.165, 1.54) is 5.56 Å². The highest BCUT2D eigenvalue weighted by Gasteiger charge is 2.07. The van der Waals surface area contributed by atoms with Gasteiger partial charge in [0.25, 0.3) is 5.56 Å². The lowest BCUT2D eigenvalue weighted by Crippen LogP contribution is -2.21. The standard InChI is InChI=1S/C15H15N3O/c1-10-5-3-4-6-12(10)8-18-9-16-14-13(15(18)19)7-11(2)17-14/h3-7,9,17H,8H2,1-2H3. The molecular formula is C15H15N3O. The SMILES string of the molecule is Cc1cc2c(=O)n(Cc3ccccc3C)cnc2[nH]1. The molecular weight excluding hydrogens is 238 g/mol. The van der Waals surface area contributed by atoms with E-state index in [1.54, 1.807) is 10.9 Å². The highest BCUT2D eigenvalue weighted by molar-refractivity contribution is 5.75. The number of aromatic amines is 1. The maximum Gasteiger partial charge on any atom is 0.263 e. The number of benzene rings is 1. The van der Waals surface area contributed by atoms with Crippen LogP contribution in [0.25, 0.3) is 11.0 Å². The van der Waals surface area contributed by atoms with Crippen molar-refractivity contribution in [3.8, 4) is 0 Å². The molecule has 4 heteroatoms. The monoisotopic (exact) mass is 253 g/mol. The van der Waals surface area contributed by atoms with Crippen molar-refractivity contribution in [1.82, 2.24) is 14.5 Å². The number of nitrogens with zero attached hydrogens (tertiary/aromatic N) is 2. The molecule has 0 bridgehead atoms. The lowest BCUT2D eigenvalue weighted by molar-refractivity contribution is 0.744. The van der Waals surface area contributed by atoms with E-state index in [2.05, 4.69) is 9.97 Å². The van der Waals surface area contributed by atoms with Crippen LogP contribution in [0.5, 0.6) is 0 Å². The Kier molecular flexibility index (Phi) is 2.71. The summed E-state index contributed by atoms with van der Waals surface area (Å²) in [6.45, 7) is 4.53. The Balaban J connectivity index is 2.09. The second-order valence-electron chi connectivity index (χ2n) is 4.82. The van der Waals surface area contributed by atoms with Gasteiger partial charge in [-0.25, -0.2) is 4.98 Å². The van der Waals surface area contributed by atoms with Gasteiger partial charge < -0.3 is 4.98 Å². The largest absolute Gasteiger partial charge is 0.343 e. The van der Waals surface area contributed by atoms with E-state index < -0.39 is 0 Å². The van der Waals surface area contributed by atoms with Gasteiger partial charge in [0.2, 0.25) is 0 Å². The molecule has 1 aromatic carbocycles. The van der Waals surface area contributed by atoms with Crippen LogP contribution < -0.4 is 5.56 Å². The third-order valence-electron chi connectivity index (χ3n) is 3.35. The Bertz CT molecular complexity index is 799. The van der Waals surface area contributed by atoms with Gasteiger partial charge in [0.15, 0.2) is 0 Å². The summed E-state index contributed by atoms with van der Waals surface area (Å²) in [5.41, 5.74) is 3.92. The quantitative estimate of drug-likeness (QED) is 0.762. The number of aromatic nitrogens is 3. The van der Waals surface area contributed by atoms with E-state index in [1.807, 2.05) is 44.2 Å². The molecule has 1 N–H and O–H groups in total. The maximum absolute atomic E-state index is 12.4. The molecule has 4 nitrogen and oxygen atoms in total.